The van der Waals surface area contributed by atoms with Crippen molar-refractivity contribution in [1.82, 2.24) is 10.4 Å². The average molecular weight is 264 g/mol. The van der Waals surface area contributed by atoms with Crippen LogP contribution in [-0.2, 0) is 4.79 Å². The van der Waals surface area contributed by atoms with E-state index in [1.807, 2.05) is 6.92 Å². The highest BCUT2D eigenvalue weighted by Crippen LogP contribution is 2.25. The van der Waals surface area contributed by atoms with E-state index in [1.54, 1.807) is 19.1 Å². The van der Waals surface area contributed by atoms with Gasteiger partial charge in [-0.2, -0.15) is 0 Å². The fourth-order valence-electron chi connectivity index (χ4n) is 1.86. The predicted octanol–water partition coefficient (Wildman–Crippen LogP) is 2.36. The van der Waals surface area contributed by atoms with Crippen molar-refractivity contribution >= 4 is 5.91 Å². The van der Waals surface area contributed by atoms with Gasteiger partial charge in [0.25, 0.3) is 0 Å². The molecular formula is C15H24N2O2. The first-order valence-corrected chi connectivity index (χ1v) is 6.58. The lowest BCUT2D eigenvalue weighted by atomic mass is 10.1. The normalized spacial score (nSPS) is 10.6. The molecule has 0 atom stereocenters. The van der Waals surface area contributed by atoms with E-state index in [-0.39, 0.29) is 5.91 Å². The van der Waals surface area contributed by atoms with Gasteiger partial charge in [-0.3, -0.25) is 10.2 Å². The zero-order chi connectivity index (χ0) is 14.4. The molecule has 0 spiro atoms. The minimum Gasteiger partial charge on any atom is -0.493 e. The van der Waals surface area contributed by atoms with Gasteiger partial charge in [0.1, 0.15) is 5.75 Å². The molecule has 0 aliphatic rings. The molecule has 1 amide bonds. The van der Waals surface area contributed by atoms with Gasteiger partial charge in [-0.25, -0.2) is 5.01 Å². The number of benzene rings is 1. The van der Waals surface area contributed by atoms with E-state index in [2.05, 4.69) is 31.4 Å². The third kappa shape index (κ3) is 4.91. The van der Waals surface area contributed by atoms with Gasteiger partial charge in [0, 0.05) is 20.5 Å². The third-order valence-electron chi connectivity index (χ3n) is 3.02. The highest BCUT2D eigenvalue weighted by atomic mass is 16.5. The van der Waals surface area contributed by atoms with E-state index in [1.165, 1.54) is 11.1 Å². The number of rotatable bonds is 6. The van der Waals surface area contributed by atoms with Gasteiger partial charge in [0.05, 0.1) is 6.61 Å². The average Bonchev–Trinajstić information content (AvgIpc) is 2.32. The van der Waals surface area contributed by atoms with Crippen LogP contribution in [0.1, 0.15) is 29.5 Å². The van der Waals surface area contributed by atoms with Gasteiger partial charge in [0.15, 0.2) is 0 Å². The van der Waals surface area contributed by atoms with Gasteiger partial charge in [-0.1, -0.05) is 12.1 Å². The lowest BCUT2D eigenvalue weighted by Crippen LogP contribution is -2.36. The van der Waals surface area contributed by atoms with Crippen LogP contribution in [0.15, 0.2) is 12.1 Å². The highest BCUT2D eigenvalue weighted by Gasteiger charge is 2.07. The summed E-state index contributed by atoms with van der Waals surface area (Å²) in [7, 11) is 3.60. The number of amides is 1. The Balaban J connectivity index is 2.42. The van der Waals surface area contributed by atoms with Crippen LogP contribution in [0.4, 0.5) is 0 Å². The van der Waals surface area contributed by atoms with Crippen molar-refractivity contribution in [3.8, 4) is 5.75 Å². The van der Waals surface area contributed by atoms with Crippen LogP contribution in [0, 0.1) is 20.8 Å². The molecule has 0 saturated carbocycles. The lowest BCUT2D eigenvalue weighted by molar-refractivity contribution is -0.125. The van der Waals surface area contributed by atoms with Crippen LogP contribution < -0.4 is 10.2 Å². The number of ether oxygens (including phenoxy) is 1. The van der Waals surface area contributed by atoms with Crippen LogP contribution in [0.3, 0.4) is 0 Å². The number of nitrogens with one attached hydrogen (secondary N) is 1. The van der Waals surface area contributed by atoms with Gasteiger partial charge in [-0.05, 0) is 43.9 Å². The zero-order valence-corrected chi connectivity index (χ0v) is 12.5. The molecule has 19 heavy (non-hydrogen) atoms. The van der Waals surface area contributed by atoms with Crippen LogP contribution >= 0.6 is 0 Å². The first kappa shape index (κ1) is 15.5. The molecule has 0 bridgehead atoms. The standard InChI is InChI=1S/C15H24N2O2/c1-11-8-9-12(2)15(13(11)3)19-10-6-7-14(18)16-17(4)5/h8-9H,6-7,10H2,1-5H3,(H,16,18). The molecule has 1 N–H and O–H groups in total. The van der Waals surface area contributed by atoms with Crippen molar-refractivity contribution in [3.63, 3.8) is 0 Å². The van der Waals surface area contributed by atoms with E-state index < -0.39 is 0 Å². The Kier molecular flexibility index (Phi) is 5.83. The summed E-state index contributed by atoms with van der Waals surface area (Å²) >= 11 is 0. The van der Waals surface area contributed by atoms with Crippen molar-refractivity contribution in [2.45, 2.75) is 33.6 Å². The Labute approximate surface area is 115 Å². The summed E-state index contributed by atoms with van der Waals surface area (Å²) in [5, 5.41) is 1.65. The second-order valence-corrected chi connectivity index (χ2v) is 5.03. The lowest BCUT2D eigenvalue weighted by Gasteiger charge is -2.14. The van der Waals surface area contributed by atoms with E-state index in [0.29, 0.717) is 19.4 Å². The topological polar surface area (TPSA) is 41.6 Å². The summed E-state index contributed by atoms with van der Waals surface area (Å²) in [6, 6.07) is 4.17. The van der Waals surface area contributed by atoms with E-state index in [0.717, 1.165) is 11.3 Å². The molecule has 0 heterocycles. The predicted molar refractivity (Wildman–Crippen MR) is 77.2 cm³/mol. The van der Waals surface area contributed by atoms with Gasteiger partial charge >= 0.3 is 0 Å². The minimum absolute atomic E-state index is 0.0197. The molecule has 106 valence electrons. The maximum absolute atomic E-state index is 11.4. The maximum Gasteiger partial charge on any atom is 0.234 e. The van der Waals surface area contributed by atoms with Crippen molar-refractivity contribution < 1.29 is 9.53 Å². The molecular weight excluding hydrogens is 240 g/mol. The second-order valence-electron chi connectivity index (χ2n) is 5.03. The smallest absolute Gasteiger partial charge is 0.234 e. The van der Waals surface area contributed by atoms with Crippen LogP contribution in [0.5, 0.6) is 5.75 Å². The number of hydrogen-bond acceptors (Lipinski definition) is 3. The van der Waals surface area contributed by atoms with Crippen molar-refractivity contribution in [1.29, 1.82) is 0 Å². The second kappa shape index (κ2) is 7.14. The van der Waals surface area contributed by atoms with Crippen molar-refractivity contribution in [2.24, 2.45) is 0 Å². The van der Waals surface area contributed by atoms with E-state index in [9.17, 15) is 4.79 Å². The molecule has 1 aromatic carbocycles. The van der Waals surface area contributed by atoms with Crippen LogP contribution in [0.2, 0.25) is 0 Å². The number of carbonyl (C=O) groups excluding carboxylic acids is 1. The number of hydrogen-bond donors (Lipinski definition) is 1. The molecule has 4 heteroatoms. The molecule has 1 aromatic rings. The summed E-state index contributed by atoms with van der Waals surface area (Å²) in [6.45, 7) is 6.75. The molecule has 0 aromatic heterocycles. The fourth-order valence-corrected chi connectivity index (χ4v) is 1.86. The number of aryl methyl sites for hydroxylation is 2. The number of nitrogens with zero attached hydrogens (tertiary/aromatic N) is 1. The molecule has 0 saturated heterocycles. The fraction of sp³-hybridized carbons (Fsp3) is 0.533. The summed E-state index contributed by atoms with van der Waals surface area (Å²) in [5.74, 6) is 0.972. The van der Waals surface area contributed by atoms with Crippen molar-refractivity contribution in [2.75, 3.05) is 20.7 Å². The van der Waals surface area contributed by atoms with Crippen LogP contribution in [0.25, 0.3) is 0 Å². The Morgan fingerprint density at radius 3 is 2.47 bits per heavy atom. The molecule has 0 radical (unpaired) electrons. The summed E-state index contributed by atoms with van der Waals surface area (Å²) in [4.78, 5) is 11.4. The number of hydrazine groups is 1. The zero-order valence-electron chi connectivity index (χ0n) is 12.5. The monoisotopic (exact) mass is 264 g/mol. The highest BCUT2D eigenvalue weighted by molar-refractivity contribution is 5.75. The molecule has 0 aliphatic heterocycles. The largest absolute Gasteiger partial charge is 0.493 e. The Hall–Kier alpha value is -1.55. The summed E-state index contributed by atoms with van der Waals surface area (Å²) in [6.07, 6.45) is 1.19. The van der Waals surface area contributed by atoms with E-state index >= 15 is 0 Å². The van der Waals surface area contributed by atoms with E-state index in [4.69, 9.17) is 4.74 Å². The molecule has 4 nitrogen and oxygen atoms in total. The first-order valence-electron chi connectivity index (χ1n) is 6.58. The molecule has 0 aliphatic carbocycles. The maximum atomic E-state index is 11.4. The molecule has 0 unspecified atom stereocenters. The first-order chi connectivity index (χ1) is 8.91. The summed E-state index contributed by atoms with van der Waals surface area (Å²) < 4.78 is 5.81. The minimum atomic E-state index is 0.0197. The van der Waals surface area contributed by atoms with Crippen LogP contribution in [-0.4, -0.2) is 31.6 Å². The SMILES string of the molecule is Cc1ccc(C)c(OCCCC(=O)NN(C)C)c1C. The Morgan fingerprint density at radius 2 is 1.84 bits per heavy atom. The summed E-state index contributed by atoms with van der Waals surface area (Å²) in [5.41, 5.74) is 6.26. The molecule has 1 rings (SSSR count). The Bertz CT molecular complexity index is 442. The van der Waals surface area contributed by atoms with Gasteiger partial charge in [0.2, 0.25) is 5.91 Å². The van der Waals surface area contributed by atoms with Gasteiger partial charge < -0.3 is 4.74 Å². The van der Waals surface area contributed by atoms with Crippen molar-refractivity contribution in [3.05, 3.63) is 28.8 Å². The van der Waals surface area contributed by atoms with Gasteiger partial charge in [-0.15, -0.1) is 0 Å². The quantitative estimate of drug-likeness (QED) is 0.633. The number of carbonyl (C=O) groups is 1. The third-order valence-corrected chi connectivity index (χ3v) is 3.02. The Morgan fingerprint density at radius 1 is 1.21 bits per heavy atom. The molecule has 0 fully saturated rings.